The van der Waals surface area contributed by atoms with E-state index < -0.39 is 16.8 Å². The highest BCUT2D eigenvalue weighted by Gasteiger charge is 2.33. The van der Waals surface area contributed by atoms with E-state index in [0.29, 0.717) is 5.92 Å². The fraction of sp³-hybridized carbons (Fsp3) is 0.857. The smallest absolute Gasteiger partial charge is 0.321 e. The molecule has 1 amide bonds. The minimum Gasteiger partial charge on any atom is -0.480 e. The highest BCUT2D eigenvalue weighted by atomic mass is 32.2. The summed E-state index contributed by atoms with van der Waals surface area (Å²) >= 11 is 1.30. The van der Waals surface area contributed by atoms with Gasteiger partial charge in [-0.3, -0.25) is 9.59 Å². The number of thioether (sulfide) groups is 1. The van der Waals surface area contributed by atoms with E-state index in [1.807, 2.05) is 0 Å². The fourth-order valence-corrected chi connectivity index (χ4v) is 3.28. The van der Waals surface area contributed by atoms with Crippen molar-refractivity contribution in [1.29, 1.82) is 0 Å². The van der Waals surface area contributed by atoms with Crippen molar-refractivity contribution in [3.05, 3.63) is 0 Å². The van der Waals surface area contributed by atoms with E-state index in [0.717, 1.165) is 19.3 Å². The van der Waals surface area contributed by atoms with Gasteiger partial charge in [0, 0.05) is 10.8 Å². The van der Waals surface area contributed by atoms with E-state index in [4.69, 9.17) is 10.8 Å². The first-order chi connectivity index (χ1) is 9.24. The van der Waals surface area contributed by atoms with Gasteiger partial charge in [-0.25, -0.2) is 0 Å². The van der Waals surface area contributed by atoms with Crippen LogP contribution in [0.5, 0.6) is 0 Å². The molecule has 6 heteroatoms. The van der Waals surface area contributed by atoms with Crippen molar-refractivity contribution in [1.82, 2.24) is 5.32 Å². The molecule has 1 rings (SSSR count). The van der Waals surface area contributed by atoms with Crippen LogP contribution in [0.1, 0.15) is 46.5 Å². The molecule has 20 heavy (non-hydrogen) atoms. The highest BCUT2D eigenvalue weighted by Crippen LogP contribution is 2.28. The first-order valence-electron chi connectivity index (χ1n) is 7.15. The molecule has 0 heterocycles. The molecule has 1 aliphatic rings. The van der Waals surface area contributed by atoms with Gasteiger partial charge in [-0.1, -0.05) is 19.8 Å². The summed E-state index contributed by atoms with van der Waals surface area (Å²) in [6, 6.07) is -0.720. The molecule has 0 aromatic heterocycles. The molecule has 0 aromatic rings. The van der Waals surface area contributed by atoms with Gasteiger partial charge in [0.15, 0.2) is 0 Å². The number of carbonyl (C=O) groups is 2. The second-order valence-electron chi connectivity index (χ2n) is 6.14. The van der Waals surface area contributed by atoms with Gasteiger partial charge in [0.05, 0.1) is 5.75 Å². The van der Waals surface area contributed by atoms with Crippen LogP contribution in [-0.4, -0.2) is 39.6 Å². The number of amides is 1. The summed E-state index contributed by atoms with van der Waals surface area (Å²) in [5, 5.41) is 12.0. The van der Waals surface area contributed by atoms with Gasteiger partial charge >= 0.3 is 5.97 Å². The van der Waals surface area contributed by atoms with Crippen molar-refractivity contribution in [2.75, 3.05) is 5.75 Å². The van der Waals surface area contributed by atoms with Gasteiger partial charge < -0.3 is 16.2 Å². The van der Waals surface area contributed by atoms with Crippen LogP contribution in [0.2, 0.25) is 0 Å². The lowest BCUT2D eigenvalue weighted by Gasteiger charge is -2.31. The topological polar surface area (TPSA) is 92.4 Å². The summed E-state index contributed by atoms with van der Waals surface area (Å²) in [5.41, 5.74) is 5.63. The minimum absolute atomic E-state index is 0.0283. The highest BCUT2D eigenvalue weighted by molar-refractivity contribution is 8.01. The number of nitrogens with one attached hydrogen (secondary N) is 1. The predicted molar refractivity (Wildman–Crippen MR) is 81.7 cm³/mol. The summed E-state index contributed by atoms with van der Waals surface area (Å²) in [6.45, 7) is 5.68. The third-order valence-corrected chi connectivity index (χ3v) is 5.45. The van der Waals surface area contributed by atoms with Gasteiger partial charge in [-0.05, 0) is 32.6 Å². The Morgan fingerprint density at radius 3 is 2.55 bits per heavy atom. The van der Waals surface area contributed by atoms with Gasteiger partial charge in [0.1, 0.15) is 6.04 Å². The molecule has 0 bridgehead atoms. The van der Waals surface area contributed by atoms with Crippen LogP contribution in [0.3, 0.4) is 0 Å². The standard InChI is InChI=1S/C14H26N2O3S/c1-9-6-4-5-7-10(9)16-11(17)8-20-14(2,3)12(15)13(18)19/h9-10,12H,4-8,15H2,1-3H3,(H,16,17)(H,18,19)/t9?,10?,12-/m1/s1. The molecular formula is C14H26N2O3S. The zero-order valence-corrected chi connectivity index (χ0v) is 13.3. The third-order valence-electron chi connectivity index (χ3n) is 4.05. The van der Waals surface area contributed by atoms with Crippen LogP contribution in [0.4, 0.5) is 0 Å². The molecule has 0 aliphatic heterocycles. The van der Waals surface area contributed by atoms with Gasteiger partial charge in [-0.15, -0.1) is 11.8 Å². The molecule has 1 saturated carbocycles. The van der Waals surface area contributed by atoms with Crippen molar-refractivity contribution in [3.63, 3.8) is 0 Å². The maximum atomic E-state index is 12.0. The molecule has 3 atom stereocenters. The van der Waals surface area contributed by atoms with Crippen LogP contribution < -0.4 is 11.1 Å². The Labute approximate surface area is 125 Å². The quantitative estimate of drug-likeness (QED) is 0.693. The largest absolute Gasteiger partial charge is 0.480 e. The Bertz CT molecular complexity index is 360. The van der Waals surface area contributed by atoms with Crippen LogP contribution >= 0.6 is 11.8 Å². The zero-order chi connectivity index (χ0) is 15.3. The molecule has 5 nitrogen and oxygen atoms in total. The van der Waals surface area contributed by atoms with E-state index in [1.54, 1.807) is 13.8 Å². The fourth-order valence-electron chi connectivity index (χ4n) is 2.42. The zero-order valence-electron chi connectivity index (χ0n) is 12.5. The number of nitrogens with two attached hydrogens (primary N) is 1. The molecule has 0 saturated heterocycles. The second kappa shape index (κ2) is 7.31. The van der Waals surface area contributed by atoms with E-state index in [2.05, 4.69) is 12.2 Å². The molecular weight excluding hydrogens is 276 g/mol. The monoisotopic (exact) mass is 302 g/mol. The maximum absolute atomic E-state index is 12.0. The predicted octanol–water partition coefficient (Wildman–Crippen LogP) is 1.60. The molecule has 0 spiro atoms. The average Bonchev–Trinajstić information content (AvgIpc) is 2.38. The lowest BCUT2D eigenvalue weighted by molar-refractivity contribution is -0.139. The van der Waals surface area contributed by atoms with Crippen LogP contribution in [0.25, 0.3) is 0 Å². The molecule has 2 unspecified atom stereocenters. The van der Waals surface area contributed by atoms with Crippen LogP contribution in [-0.2, 0) is 9.59 Å². The number of hydrogen-bond donors (Lipinski definition) is 3. The Morgan fingerprint density at radius 1 is 1.40 bits per heavy atom. The van der Waals surface area contributed by atoms with Gasteiger partial charge in [0.2, 0.25) is 5.91 Å². The summed E-state index contributed by atoms with van der Waals surface area (Å²) in [7, 11) is 0. The van der Waals surface area contributed by atoms with Crippen molar-refractivity contribution in [3.8, 4) is 0 Å². The van der Waals surface area contributed by atoms with E-state index in [9.17, 15) is 9.59 Å². The maximum Gasteiger partial charge on any atom is 0.321 e. The summed E-state index contributed by atoms with van der Waals surface area (Å²) < 4.78 is -0.665. The minimum atomic E-state index is -1.04. The van der Waals surface area contributed by atoms with Crippen molar-refractivity contribution in [2.24, 2.45) is 11.7 Å². The lowest BCUT2D eigenvalue weighted by Crippen LogP contribution is -2.48. The Hall–Kier alpha value is -0.750. The van der Waals surface area contributed by atoms with E-state index in [-0.39, 0.29) is 17.7 Å². The van der Waals surface area contributed by atoms with Crippen molar-refractivity contribution < 1.29 is 14.7 Å². The number of aliphatic carboxylic acids is 1. The number of carboxylic acids is 1. The first-order valence-corrected chi connectivity index (χ1v) is 8.14. The summed E-state index contributed by atoms with van der Waals surface area (Å²) in [5.74, 6) is -0.299. The summed E-state index contributed by atoms with van der Waals surface area (Å²) in [6.07, 6.45) is 4.60. The number of carbonyl (C=O) groups excluding carboxylic acids is 1. The molecule has 0 radical (unpaired) electrons. The summed E-state index contributed by atoms with van der Waals surface area (Å²) in [4.78, 5) is 22.9. The van der Waals surface area contributed by atoms with E-state index in [1.165, 1.54) is 18.2 Å². The molecule has 0 aromatic carbocycles. The third kappa shape index (κ3) is 4.98. The van der Waals surface area contributed by atoms with Crippen molar-refractivity contribution in [2.45, 2.75) is 63.3 Å². The Kier molecular flexibility index (Phi) is 6.33. The number of rotatable bonds is 6. The second-order valence-corrected chi connectivity index (χ2v) is 7.77. The molecule has 4 N–H and O–H groups in total. The molecule has 1 fully saturated rings. The Morgan fingerprint density at radius 2 is 2.00 bits per heavy atom. The molecule has 1 aliphatic carbocycles. The number of hydrogen-bond acceptors (Lipinski definition) is 4. The van der Waals surface area contributed by atoms with Gasteiger partial charge in [0.25, 0.3) is 0 Å². The van der Waals surface area contributed by atoms with Crippen LogP contribution in [0.15, 0.2) is 0 Å². The lowest BCUT2D eigenvalue weighted by atomic mass is 9.86. The van der Waals surface area contributed by atoms with Crippen molar-refractivity contribution >= 4 is 23.6 Å². The van der Waals surface area contributed by atoms with Crippen LogP contribution in [0, 0.1) is 5.92 Å². The first kappa shape index (κ1) is 17.3. The average molecular weight is 302 g/mol. The SMILES string of the molecule is CC1CCCCC1NC(=O)CSC(C)(C)[C@H](N)C(=O)O. The Balaban J connectivity index is 2.41. The number of carboxylic acid groups (broad SMARTS) is 1. The van der Waals surface area contributed by atoms with Gasteiger partial charge in [-0.2, -0.15) is 0 Å². The van der Waals surface area contributed by atoms with E-state index >= 15 is 0 Å². The normalized spacial score (nSPS) is 25.0. The molecule has 116 valence electrons.